The van der Waals surface area contributed by atoms with E-state index in [-0.39, 0.29) is 5.91 Å². The molecule has 1 atom stereocenters. The molecule has 0 radical (unpaired) electrons. The number of nitrogens with one attached hydrogen (secondary N) is 1. The first-order valence-electron chi connectivity index (χ1n) is 5.75. The van der Waals surface area contributed by atoms with Crippen molar-refractivity contribution in [2.75, 3.05) is 5.32 Å². The first kappa shape index (κ1) is 11.0. The fraction of sp³-hybridized carbons (Fsp3) is 0.462. The highest BCUT2D eigenvalue weighted by Gasteiger charge is 2.27. The molecule has 16 heavy (non-hydrogen) atoms. The van der Waals surface area contributed by atoms with Crippen LogP contribution >= 0.6 is 0 Å². The minimum Gasteiger partial charge on any atom is -0.382 e. The molecule has 0 aliphatic heterocycles. The molecular formula is C13H18N2O. The van der Waals surface area contributed by atoms with E-state index in [4.69, 9.17) is 5.73 Å². The minimum atomic E-state index is -0.361. The maximum absolute atomic E-state index is 11.2. The van der Waals surface area contributed by atoms with Crippen LogP contribution in [0.4, 0.5) is 5.69 Å². The zero-order valence-corrected chi connectivity index (χ0v) is 9.79. The molecule has 0 heterocycles. The molecule has 1 aromatic carbocycles. The molecule has 86 valence electrons. The number of aryl methyl sites for hydroxylation is 1. The Balaban J connectivity index is 2.15. The second kappa shape index (κ2) is 4.16. The van der Waals surface area contributed by atoms with Gasteiger partial charge in [0, 0.05) is 17.3 Å². The molecule has 1 saturated carbocycles. The van der Waals surface area contributed by atoms with Gasteiger partial charge in [-0.05, 0) is 50.3 Å². The summed E-state index contributed by atoms with van der Waals surface area (Å²) in [6.45, 7) is 4.08. The molecule has 1 aromatic rings. The van der Waals surface area contributed by atoms with Gasteiger partial charge >= 0.3 is 0 Å². The van der Waals surface area contributed by atoms with Gasteiger partial charge in [0.25, 0.3) is 0 Å². The van der Waals surface area contributed by atoms with Crippen LogP contribution in [0.15, 0.2) is 18.2 Å². The maximum atomic E-state index is 11.2. The zero-order chi connectivity index (χ0) is 11.7. The fourth-order valence-electron chi connectivity index (χ4n) is 1.95. The first-order valence-corrected chi connectivity index (χ1v) is 5.75. The Morgan fingerprint density at radius 1 is 1.50 bits per heavy atom. The third-order valence-corrected chi connectivity index (χ3v) is 3.23. The topological polar surface area (TPSA) is 55.1 Å². The molecule has 0 saturated heterocycles. The summed E-state index contributed by atoms with van der Waals surface area (Å²) in [5.41, 5.74) is 7.84. The van der Waals surface area contributed by atoms with Gasteiger partial charge in [0.1, 0.15) is 0 Å². The lowest BCUT2D eigenvalue weighted by Crippen LogP contribution is -2.18. The normalized spacial score (nSPS) is 16.9. The van der Waals surface area contributed by atoms with E-state index >= 15 is 0 Å². The van der Waals surface area contributed by atoms with Gasteiger partial charge in [-0.2, -0.15) is 0 Å². The zero-order valence-electron chi connectivity index (χ0n) is 9.79. The summed E-state index contributed by atoms with van der Waals surface area (Å²) < 4.78 is 0. The number of hydrogen-bond acceptors (Lipinski definition) is 2. The summed E-state index contributed by atoms with van der Waals surface area (Å²) in [5, 5.41) is 3.42. The van der Waals surface area contributed by atoms with Crippen molar-refractivity contribution in [3.63, 3.8) is 0 Å². The molecule has 3 N–H and O–H groups in total. The molecule has 1 aliphatic carbocycles. The van der Waals surface area contributed by atoms with Crippen LogP contribution in [0.3, 0.4) is 0 Å². The quantitative estimate of drug-likeness (QED) is 0.814. The van der Waals surface area contributed by atoms with E-state index in [9.17, 15) is 4.79 Å². The van der Waals surface area contributed by atoms with Crippen molar-refractivity contribution < 1.29 is 4.79 Å². The van der Waals surface area contributed by atoms with Crippen LogP contribution in [0.5, 0.6) is 0 Å². The molecule has 0 aromatic heterocycles. The predicted molar refractivity (Wildman–Crippen MR) is 65.5 cm³/mol. The van der Waals surface area contributed by atoms with Crippen LogP contribution < -0.4 is 11.1 Å². The Bertz CT molecular complexity index is 410. The summed E-state index contributed by atoms with van der Waals surface area (Å²) in [6, 6.07) is 6.25. The summed E-state index contributed by atoms with van der Waals surface area (Å²) in [5.74, 6) is 0.429. The van der Waals surface area contributed by atoms with Crippen molar-refractivity contribution in [2.24, 2.45) is 11.7 Å². The minimum absolute atomic E-state index is 0.361. The third kappa shape index (κ3) is 2.35. The molecule has 1 unspecified atom stereocenters. The number of carbonyl (C=O) groups excluding carboxylic acids is 1. The SMILES string of the molecule is Cc1ccc(NC(C)C2CC2)cc1C(N)=O. The van der Waals surface area contributed by atoms with Crippen molar-refractivity contribution in [2.45, 2.75) is 32.7 Å². The maximum Gasteiger partial charge on any atom is 0.249 e. The largest absolute Gasteiger partial charge is 0.382 e. The lowest BCUT2D eigenvalue weighted by atomic mass is 10.1. The van der Waals surface area contributed by atoms with Crippen molar-refractivity contribution in [3.8, 4) is 0 Å². The van der Waals surface area contributed by atoms with E-state index in [1.165, 1.54) is 12.8 Å². The van der Waals surface area contributed by atoms with Gasteiger partial charge in [-0.3, -0.25) is 4.79 Å². The second-order valence-electron chi connectivity index (χ2n) is 4.66. The van der Waals surface area contributed by atoms with Crippen LogP contribution in [0.2, 0.25) is 0 Å². The summed E-state index contributed by atoms with van der Waals surface area (Å²) in [6.07, 6.45) is 2.62. The van der Waals surface area contributed by atoms with E-state index in [1.54, 1.807) is 0 Å². The molecular weight excluding hydrogens is 200 g/mol. The number of benzene rings is 1. The van der Waals surface area contributed by atoms with Crippen LogP contribution in [0, 0.1) is 12.8 Å². The molecule has 0 bridgehead atoms. The highest BCUT2D eigenvalue weighted by Crippen LogP contribution is 2.34. The highest BCUT2D eigenvalue weighted by atomic mass is 16.1. The number of anilines is 1. The van der Waals surface area contributed by atoms with Gasteiger partial charge in [0.2, 0.25) is 5.91 Å². The van der Waals surface area contributed by atoms with Crippen LogP contribution in [-0.2, 0) is 0 Å². The standard InChI is InChI=1S/C13H18N2O/c1-8-3-6-11(7-12(8)13(14)16)15-9(2)10-4-5-10/h3,6-7,9-10,15H,4-5H2,1-2H3,(H2,14,16). The number of amides is 1. The van der Waals surface area contributed by atoms with E-state index in [0.29, 0.717) is 11.6 Å². The van der Waals surface area contributed by atoms with Crippen LogP contribution in [0.25, 0.3) is 0 Å². The Kier molecular flexibility index (Phi) is 2.86. The van der Waals surface area contributed by atoms with Crippen molar-refractivity contribution >= 4 is 11.6 Å². The molecule has 1 fully saturated rings. The predicted octanol–water partition coefficient (Wildman–Crippen LogP) is 2.30. The molecule has 2 rings (SSSR count). The number of nitrogens with two attached hydrogens (primary N) is 1. The molecule has 3 nitrogen and oxygen atoms in total. The lowest BCUT2D eigenvalue weighted by molar-refractivity contribution is 0.1000. The Labute approximate surface area is 96.0 Å². The number of carbonyl (C=O) groups is 1. The summed E-state index contributed by atoms with van der Waals surface area (Å²) >= 11 is 0. The van der Waals surface area contributed by atoms with Crippen molar-refractivity contribution in [1.82, 2.24) is 0 Å². The number of rotatable bonds is 4. The van der Waals surface area contributed by atoms with Crippen molar-refractivity contribution in [1.29, 1.82) is 0 Å². The van der Waals surface area contributed by atoms with Gasteiger partial charge in [0.05, 0.1) is 0 Å². The number of primary amides is 1. The smallest absolute Gasteiger partial charge is 0.249 e. The van der Waals surface area contributed by atoms with Gasteiger partial charge < -0.3 is 11.1 Å². The number of hydrogen-bond donors (Lipinski definition) is 2. The van der Waals surface area contributed by atoms with Gasteiger partial charge in [-0.25, -0.2) is 0 Å². The van der Waals surface area contributed by atoms with Crippen LogP contribution in [0.1, 0.15) is 35.7 Å². The highest BCUT2D eigenvalue weighted by molar-refractivity contribution is 5.95. The van der Waals surface area contributed by atoms with Gasteiger partial charge in [-0.1, -0.05) is 6.07 Å². The van der Waals surface area contributed by atoms with E-state index in [2.05, 4.69) is 12.2 Å². The Hall–Kier alpha value is -1.51. The Morgan fingerprint density at radius 3 is 2.75 bits per heavy atom. The Morgan fingerprint density at radius 2 is 2.19 bits per heavy atom. The van der Waals surface area contributed by atoms with Gasteiger partial charge in [0.15, 0.2) is 0 Å². The molecule has 1 amide bonds. The molecule has 1 aliphatic rings. The fourth-order valence-corrected chi connectivity index (χ4v) is 1.95. The van der Waals surface area contributed by atoms with E-state index < -0.39 is 0 Å². The van der Waals surface area contributed by atoms with Crippen molar-refractivity contribution in [3.05, 3.63) is 29.3 Å². The summed E-state index contributed by atoms with van der Waals surface area (Å²) in [4.78, 5) is 11.2. The lowest BCUT2D eigenvalue weighted by Gasteiger charge is -2.15. The molecule has 3 heteroatoms. The molecule has 0 spiro atoms. The summed E-state index contributed by atoms with van der Waals surface area (Å²) in [7, 11) is 0. The first-order chi connectivity index (χ1) is 7.58. The van der Waals surface area contributed by atoms with Crippen LogP contribution in [-0.4, -0.2) is 11.9 Å². The second-order valence-corrected chi connectivity index (χ2v) is 4.66. The monoisotopic (exact) mass is 218 g/mol. The average molecular weight is 218 g/mol. The third-order valence-electron chi connectivity index (χ3n) is 3.23. The average Bonchev–Trinajstić information content (AvgIpc) is 3.03. The van der Waals surface area contributed by atoms with Gasteiger partial charge in [-0.15, -0.1) is 0 Å². The van der Waals surface area contributed by atoms with E-state index in [0.717, 1.165) is 17.2 Å². The van der Waals surface area contributed by atoms with E-state index in [1.807, 2.05) is 25.1 Å².